The van der Waals surface area contributed by atoms with Crippen molar-refractivity contribution >= 4 is 27.2 Å². The predicted octanol–water partition coefficient (Wildman–Crippen LogP) is 1.36. The fourth-order valence-electron chi connectivity index (χ4n) is 2.91. The minimum absolute atomic E-state index is 0.0532. The molecule has 0 saturated carbocycles. The van der Waals surface area contributed by atoms with E-state index in [1.807, 2.05) is 6.07 Å². The summed E-state index contributed by atoms with van der Waals surface area (Å²) in [5.74, 6) is -2.04. The number of hydrogen-bond acceptors (Lipinski definition) is 6. The van der Waals surface area contributed by atoms with Crippen LogP contribution in [0.15, 0.2) is 30.5 Å². The van der Waals surface area contributed by atoms with Crippen molar-refractivity contribution in [3.63, 3.8) is 0 Å². The Hall–Kier alpha value is -2.93. The van der Waals surface area contributed by atoms with Gasteiger partial charge in [0.25, 0.3) is 5.91 Å². The van der Waals surface area contributed by atoms with E-state index in [4.69, 9.17) is 5.73 Å². The van der Waals surface area contributed by atoms with Crippen LogP contribution >= 0.6 is 0 Å². The number of anilines is 2. The molecule has 1 amide bonds. The van der Waals surface area contributed by atoms with Crippen LogP contribution in [0.1, 0.15) is 22.8 Å². The number of sulfone groups is 1. The molecule has 1 aromatic heterocycles. The topological polar surface area (TPSA) is 131 Å². The summed E-state index contributed by atoms with van der Waals surface area (Å²) in [5, 5.41) is 16.5. The first-order valence-electron chi connectivity index (χ1n) is 7.80. The molecule has 0 unspecified atom stereocenters. The van der Waals surface area contributed by atoms with Gasteiger partial charge in [-0.2, -0.15) is 10.4 Å². The first kappa shape index (κ1) is 17.9. The van der Waals surface area contributed by atoms with Crippen molar-refractivity contribution in [1.82, 2.24) is 9.78 Å². The molecule has 0 bridgehead atoms. The van der Waals surface area contributed by atoms with Gasteiger partial charge in [0.15, 0.2) is 15.7 Å². The molecule has 8 nitrogen and oxygen atoms in total. The van der Waals surface area contributed by atoms with Crippen molar-refractivity contribution in [3.8, 4) is 6.07 Å². The molecule has 1 saturated heterocycles. The molecule has 0 radical (unpaired) electrons. The third-order valence-electron chi connectivity index (χ3n) is 4.23. The fraction of sp³-hybridized carbons (Fsp3) is 0.312. The van der Waals surface area contributed by atoms with E-state index in [2.05, 4.69) is 10.4 Å². The van der Waals surface area contributed by atoms with Crippen molar-refractivity contribution in [2.45, 2.75) is 12.5 Å². The summed E-state index contributed by atoms with van der Waals surface area (Å²) >= 11 is 0. The molecular formula is C16H16FN5O3S. The molecule has 2 heterocycles. The summed E-state index contributed by atoms with van der Waals surface area (Å²) in [6.45, 7) is 0. The lowest BCUT2D eigenvalue weighted by Gasteiger charge is -2.26. The van der Waals surface area contributed by atoms with Gasteiger partial charge in [0.1, 0.15) is 11.4 Å². The Balaban J connectivity index is 1.93. The molecule has 1 aliphatic heterocycles. The Morgan fingerprint density at radius 2 is 2.08 bits per heavy atom. The average Bonchev–Trinajstić information content (AvgIpc) is 3.00. The lowest BCUT2D eigenvalue weighted by atomic mass is 10.0. The highest BCUT2D eigenvalue weighted by Gasteiger charge is 2.35. The molecule has 0 spiro atoms. The Bertz CT molecular complexity index is 978. The summed E-state index contributed by atoms with van der Waals surface area (Å²) in [5.41, 5.74) is 5.99. The molecule has 3 N–H and O–H groups in total. The highest BCUT2D eigenvalue weighted by Crippen LogP contribution is 2.31. The molecule has 136 valence electrons. The van der Waals surface area contributed by atoms with Crippen molar-refractivity contribution in [2.75, 3.05) is 16.8 Å². The molecule has 10 heteroatoms. The van der Waals surface area contributed by atoms with Gasteiger partial charge < -0.3 is 11.1 Å². The molecular weight excluding hydrogens is 361 g/mol. The molecule has 1 fully saturated rings. The van der Waals surface area contributed by atoms with Crippen LogP contribution < -0.4 is 11.1 Å². The molecule has 2 atom stereocenters. The minimum Gasteiger partial charge on any atom is -0.365 e. The van der Waals surface area contributed by atoms with E-state index >= 15 is 0 Å². The van der Waals surface area contributed by atoms with Gasteiger partial charge in [-0.25, -0.2) is 12.8 Å². The zero-order valence-corrected chi connectivity index (χ0v) is 14.4. The van der Waals surface area contributed by atoms with Gasteiger partial charge in [-0.3, -0.25) is 9.48 Å². The number of carbonyl (C=O) groups is 1. The zero-order chi connectivity index (χ0) is 18.9. The first-order chi connectivity index (χ1) is 12.3. The van der Waals surface area contributed by atoms with Gasteiger partial charge in [-0.1, -0.05) is 0 Å². The summed E-state index contributed by atoms with van der Waals surface area (Å²) < 4.78 is 37.9. The van der Waals surface area contributed by atoms with Crippen molar-refractivity contribution in [1.29, 1.82) is 5.26 Å². The number of halogens is 1. The smallest absolute Gasteiger partial charge is 0.254 e. The maximum atomic E-state index is 13.0. The maximum Gasteiger partial charge on any atom is 0.254 e. The highest BCUT2D eigenvalue weighted by molar-refractivity contribution is 7.91. The fourth-order valence-corrected chi connectivity index (χ4v) is 4.52. The van der Waals surface area contributed by atoms with Gasteiger partial charge in [0.2, 0.25) is 0 Å². The normalized spacial score (nSPS) is 21.7. The van der Waals surface area contributed by atoms with Crippen molar-refractivity contribution in [2.24, 2.45) is 11.7 Å². The van der Waals surface area contributed by atoms with E-state index in [0.29, 0.717) is 5.69 Å². The highest BCUT2D eigenvalue weighted by atomic mass is 32.2. The van der Waals surface area contributed by atoms with Gasteiger partial charge in [-0.15, -0.1) is 0 Å². The molecule has 3 rings (SSSR count). The van der Waals surface area contributed by atoms with Crippen LogP contribution in [-0.2, 0) is 9.84 Å². The van der Waals surface area contributed by atoms with E-state index in [-0.39, 0.29) is 29.3 Å². The standard InChI is InChI=1S/C16H16FN5O3S/c17-11-1-3-12(4-2-11)20-16-13(15(19)23)8-22(21-16)14-5-6-26(24,25)9-10(14)7-18/h1-4,8,10,14H,5-6,9H2,(H2,19,23)(H,20,21)/t10-,14+/m1/s1. The number of benzene rings is 1. The number of rotatable bonds is 4. The third-order valence-corrected chi connectivity index (χ3v) is 5.96. The number of nitrogens with two attached hydrogens (primary N) is 1. The average molecular weight is 377 g/mol. The van der Waals surface area contributed by atoms with Crippen LogP contribution in [0.2, 0.25) is 0 Å². The number of hydrogen-bond donors (Lipinski definition) is 2. The zero-order valence-electron chi connectivity index (χ0n) is 13.6. The van der Waals surface area contributed by atoms with E-state index in [1.165, 1.54) is 35.1 Å². The summed E-state index contributed by atoms with van der Waals surface area (Å²) in [4.78, 5) is 11.7. The maximum absolute atomic E-state index is 13.0. The van der Waals surface area contributed by atoms with Crippen LogP contribution in [0.5, 0.6) is 0 Å². The van der Waals surface area contributed by atoms with E-state index in [1.54, 1.807) is 0 Å². The number of nitrogens with zero attached hydrogens (tertiary/aromatic N) is 3. The Morgan fingerprint density at radius 3 is 2.69 bits per heavy atom. The quantitative estimate of drug-likeness (QED) is 0.827. The number of aromatic nitrogens is 2. The second-order valence-corrected chi connectivity index (χ2v) is 8.30. The molecule has 2 aromatic rings. The van der Waals surface area contributed by atoms with Gasteiger partial charge >= 0.3 is 0 Å². The summed E-state index contributed by atoms with van der Waals surface area (Å²) in [7, 11) is -3.26. The van der Waals surface area contributed by atoms with Gasteiger partial charge in [-0.05, 0) is 30.7 Å². The summed E-state index contributed by atoms with van der Waals surface area (Å²) in [6, 6.07) is 6.98. The van der Waals surface area contributed by atoms with Crippen LogP contribution in [0.3, 0.4) is 0 Å². The number of nitrogens with one attached hydrogen (secondary N) is 1. The lowest BCUT2D eigenvalue weighted by molar-refractivity contribution is 0.100. The number of amides is 1. The lowest BCUT2D eigenvalue weighted by Crippen LogP contribution is -2.34. The van der Waals surface area contributed by atoms with Gasteiger partial charge in [0, 0.05) is 11.9 Å². The second kappa shape index (κ2) is 6.76. The van der Waals surface area contributed by atoms with Crippen LogP contribution in [-0.4, -0.2) is 35.6 Å². The van der Waals surface area contributed by atoms with Crippen LogP contribution in [0.4, 0.5) is 15.9 Å². The Morgan fingerprint density at radius 1 is 1.38 bits per heavy atom. The van der Waals surface area contributed by atoms with Crippen LogP contribution in [0.25, 0.3) is 0 Å². The molecule has 1 aromatic carbocycles. The molecule has 26 heavy (non-hydrogen) atoms. The van der Waals surface area contributed by atoms with Crippen LogP contribution in [0, 0.1) is 23.1 Å². The molecule has 1 aliphatic rings. The SMILES string of the molecule is N#C[C@@H]1CS(=O)(=O)CC[C@@H]1n1cc(C(N)=O)c(Nc2ccc(F)cc2)n1. The van der Waals surface area contributed by atoms with E-state index in [9.17, 15) is 22.9 Å². The molecule has 0 aliphatic carbocycles. The third kappa shape index (κ3) is 3.67. The number of nitriles is 1. The monoisotopic (exact) mass is 377 g/mol. The largest absolute Gasteiger partial charge is 0.365 e. The Kier molecular flexibility index (Phi) is 4.65. The van der Waals surface area contributed by atoms with E-state index < -0.39 is 33.5 Å². The Labute approximate surface area is 149 Å². The second-order valence-electron chi connectivity index (χ2n) is 6.07. The number of primary amides is 1. The van der Waals surface area contributed by atoms with Crippen molar-refractivity contribution in [3.05, 3.63) is 41.8 Å². The van der Waals surface area contributed by atoms with Crippen molar-refractivity contribution < 1.29 is 17.6 Å². The minimum atomic E-state index is -3.26. The predicted molar refractivity (Wildman–Crippen MR) is 91.8 cm³/mol. The van der Waals surface area contributed by atoms with Gasteiger partial charge in [0.05, 0.1) is 29.5 Å². The first-order valence-corrected chi connectivity index (χ1v) is 9.63. The van der Waals surface area contributed by atoms with E-state index in [0.717, 1.165) is 0 Å². The summed E-state index contributed by atoms with van der Waals surface area (Å²) in [6.07, 6.45) is 1.62. The number of carbonyl (C=O) groups excluding carboxylic acids is 1.